The Morgan fingerprint density at radius 1 is 1.14 bits per heavy atom. The maximum absolute atomic E-state index is 5.88. The molecule has 148 valence electrons. The zero-order valence-corrected chi connectivity index (χ0v) is 16.7. The van der Waals surface area contributed by atoms with Gasteiger partial charge in [0.2, 0.25) is 0 Å². The molecular weight excluding hydrogens is 354 g/mol. The molecule has 0 aliphatic heterocycles. The minimum atomic E-state index is -0.282. The van der Waals surface area contributed by atoms with E-state index < -0.39 is 0 Å². The van der Waals surface area contributed by atoms with Crippen LogP contribution < -0.4 is 5.73 Å². The van der Waals surface area contributed by atoms with Gasteiger partial charge >= 0.3 is 0 Å². The van der Waals surface area contributed by atoms with Crippen LogP contribution in [-0.4, -0.2) is 34.7 Å². The number of rotatable bonds is 7. The van der Waals surface area contributed by atoms with Crippen LogP contribution >= 0.6 is 0 Å². The average molecular weight is 381 g/mol. The number of nitrogens with two attached hydrogens (primary N) is 1. The normalized spacial score (nSPS) is 16.0. The number of amidine groups is 1. The molecule has 2 aromatic heterocycles. The molecule has 1 aliphatic rings. The highest BCUT2D eigenvalue weighted by molar-refractivity contribution is 6.00. The first-order chi connectivity index (χ1) is 13.4. The summed E-state index contributed by atoms with van der Waals surface area (Å²) in [6.45, 7) is 6.79. The summed E-state index contributed by atoms with van der Waals surface area (Å²) in [5.41, 5.74) is 10.3. The Balaban J connectivity index is 1.54. The van der Waals surface area contributed by atoms with Gasteiger partial charge in [-0.3, -0.25) is 9.97 Å². The minimum Gasteiger partial charge on any atom is -0.395 e. The van der Waals surface area contributed by atoms with Gasteiger partial charge in [-0.05, 0) is 49.9 Å². The Labute approximate surface area is 165 Å². The van der Waals surface area contributed by atoms with Gasteiger partial charge in [-0.15, -0.1) is 0 Å². The summed E-state index contributed by atoms with van der Waals surface area (Å²) in [6.07, 6.45) is 4.64. The van der Waals surface area contributed by atoms with Crippen LogP contribution in [0.2, 0.25) is 0 Å². The fourth-order valence-electron chi connectivity index (χ4n) is 2.85. The van der Waals surface area contributed by atoms with Crippen molar-refractivity contribution in [2.24, 2.45) is 21.5 Å². The molecule has 2 N–H and O–H groups in total. The predicted octanol–water partition coefficient (Wildman–Crippen LogP) is 3.21. The maximum Gasteiger partial charge on any atom is 0.188 e. The highest BCUT2D eigenvalue weighted by atomic mass is 16.6. The highest BCUT2D eigenvalue weighted by Gasteiger charge is 2.22. The van der Waals surface area contributed by atoms with Gasteiger partial charge < -0.3 is 15.4 Å². The van der Waals surface area contributed by atoms with Crippen molar-refractivity contribution in [3.05, 3.63) is 59.2 Å². The first-order valence-electron chi connectivity index (χ1n) is 9.47. The molecule has 1 aliphatic carbocycles. The maximum atomic E-state index is 5.88. The van der Waals surface area contributed by atoms with Crippen LogP contribution in [0.25, 0.3) is 0 Å². The Morgan fingerprint density at radius 2 is 1.96 bits per heavy atom. The fraction of sp³-hybridized carbons (Fsp3) is 0.429. The van der Waals surface area contributed by atoms with Gasteiger partial charge in [-0.25, -0.2) is 0 Å². The van der Waals surface area contributed by atoms with E-state index in [1.807, 2.05) is 39.0 Å². The van der Waals surface area contributed by atoms with Crippen molar-refractivity contribution in [3.63, 3.8) is 0 Å². The summed E-state index contributed by atoms with van der Waals surface area (Å²) < 4.78 is 0. The van der Waals surface area contributed by atoms with E-state index in [9.17, 15) is 0 Å². The molecule has 0 saturated carbocycles. The second-order valence-corrected chi connectivity index (χ2v) is 7.75. The van der Waals surface area contributed by atoms with Crippen molar-refractivity contribution in [3.8, 4) is 0 Å². The van der Waals surface area contributed by atoms with Crippen molar-refractivity contribution in [1.29, 1.82) is 0 Å². The van der Waals surface area contributed by atoms with E-state index in [1.165, 1.54) is 5.56 Å². The van der Waals surface area contributed by atoms with E-state index >= 15 is 0 Å². The van der Waals surface area contributed by atoms with Crippen LogP contribution in [0.3, 0.4) is 0 Å². The molecule has 0 saturated heterocycles. The molecule has 0 amide bonds. The van der Waals surface area contributed by atoms with E-state index in [4.69, 9.17) is 15.4 Å². The standard InChI is InChI=1S/C21H27N5O2/c1-15-10-11-16-7-6-9-17(19(16)24-15)25-27-13-21(2,3)14-28-26-20(22)18-8-4-5-12-23-18/h4-5,8,10-12H,6-7,9,13-14H2,1-3H3,(H2,22,26). The molecule has 7 nitrogen and oxygen atoms in total. The molecule has 2 aromatic rings. The van der Waals surface area contributed by atoms with Crippen LogP contribution in [0.4, 0.5) is 0 Å². The molecule has 0 unspecified atom stereocenters. The molecule has 3 rings (SSSR count). The lowest BCUT2D eigenvalue weighted by atomic mass is 9.94. The average Bonchev–Trinajstić information content (AvgIpc) is 2.68. The largest absolute Gasteiger partial charge is 0.395 e. The van der Waals surface area contributed by atoms with Crippen molar-refractivity contribution in [1.82, 2.24) is 9.97 Å². The molecule has 0 fully saturated rings. The third kappa shape index (κ3) is 5.28. The van der Waals surface area contributed by atoms with Crippen molar-refractivity contribution in [2.45, 2.75) is 40.0 Å². The second-order valence-electron chi connectivity index (χ2n) is 7.75. The first-order valence-corrected chi connectivity index (χ1v) is 9.47. The summed E-state index contributed by atoms with van der Waals surface area (Å²) >= 11 is 0. The molecular formula is C21H27N5O2. The van der Waals surface area contributed by atoms with Crippen molar-refractivity contribution in [2.75, 3.05) is 13.2 Å². The molecule has 0 spiro atoms. The lowest BCUT2D eigenvalue weighted by molar-refractivity contribution is -0.000212. The number of oxime groups is 2. The predicted molar refractivity (Wildman–Crippen MR) is 109 cm³/mol. The molecule has 0 radical (unpaired) electrons. The van der Waals surface area contributed by atoms with Crippen LogP contribution in [-0.2, 0) is 16.1 Å². The van der Waals surface area contributed by atoms with Gasteiger partial charge in [0.15, 0.2) is 5.84 Å². The van der Waals surface area contributed by atoms with Crippen molar-refractivity contribution < 1.29 is 9.68 Å². The minimum absolute atomic E-state index is 0.248. The fourth-order valence-corrected chi connectivity index (χ4v) is 2.85. The summed E-state index contributed by atoms with van der Waals surface area (Å²) in [6, 6.07) is 9.63. The van der Waals surface area contributed by atoms with Crippen molar-refractivity contribution >= 4 is 11.5 Å². The molecule has 0 aromatic carbocycles. The van der Waals surface area contributed by atoms with E-state index in [2.05, 4.69) is 26.3 Å². The topological polar surface area (TPSA) is 95.0 Å². The highest BCUT2D eigenvalue weighted by Crippen LogP contribution is 2.22. The summed E-state index contributed by atoms with van der Waals surface area (Å²) in [5.74, 6) is 0.248. The number of aromatic nitrogens is 2. The lowest BCUT2D eigenvalue weighted by Gasteiger charge is -2.22. The van der Waals surface area contributed by atoms with Crippen LogP contribution in [0, 0.1) is 12.3 Å². The number of aryl methyl sites for hydroxylation is 2. The third-order valence-electron chi connectivity index (χ3n) is 4.43. The Hall–Kier alpha value is -2.96. The lowest BCUT2D eigenvalue weighted by Crippen LogP contribution is -2.25. The first kappa shape index (κ1) is 19.8. The van der Waals surface area contributed by atoms with Gasteiger partial charge in [-0.1, -0.05) is 36.3 Å². The zero-order valence-electron chi connectivity index (χ0n) is 16.7. The second kappa shape index (κ2) is 8.82. The SMILES string of the molecule is Cc1ccc2c(n1)C(=NOCC(C)(C)CON=C(N)c1ccccn1)CCC2. The number of fused-ring (bicyclic) bond motifs is 1. The van der Waals surface area contributed by atoms with E-state index in [1.54, 1.807) is 12.3 Å². The number of hydrogen-bond acceptors (Lipinski definition) is 6. The van der Waals surface area contributed by atoms with E-state index in [0.29, 0.717) is 18.9 Å². The molecule has 0 atom stereocenters. The van der Waals surface area contributed by atoms with E-state index in [0.717, 1.165) is 36.4 Å². The van der Waals surface area contributed by atoms with Gasteiger partial charge in [0, 0.05) is 17.3 Å². The molecule has 2 heterocycles. The molecule has 7 heteroatoms. The number of pyridine rings is 2. The Bertz CT molecular complexity index is 862. The number of nitrogens with zero attached hydrogens (tertiary/aromatic N) is 4. The van der Waals surface area contributed by atoms with E-state index in [-0.39, 0.29) is 11.3 Å². The monoisotopic (exact) mass is 381 g/mol. The van der Waals surface area contributed by atoms with Crippen LogP contribution in [0.5, 0.6) is 0 Å². The van der Waals surface area contributed by atoms with Gasteiger partial charge in [0.25, 0.3) is 0 Å². The molecule has 0 bridgehead atoms. The van der Waals surface area contributed by atoms with Crippen LogP contribution in [0.15, 0.2) is 46.8 Å². The Kier molecular flexibility index (Phi) is 6.23. The molecule has 28 heavy (non-hydrogen) atoms. The number of hydrogen-bond donors (Lipinski definition) is 1. The summed E-state index contributed by atoms with van der Waals surface area (Å²) in [4.78, 5) is 19.8. The van der Waals surface area contributed by atoms with Crippen LogP contribution in [0.1, 0.15) is 49.3 Å². The smallest absolute Gasteiger partial charge is 0.188 e. The zero-order chi connectivity index (χ0) is 20.0. The summed E-state index contributed by atoms with van der Waals surface area (Å²) in [5, 5.41) is 8.32. The van der Waals surface area contributed by atoms with Gasteiger partial charge in [0.1, 0.15) is 24.6 Å². The quantitative estimate of drug-likeness (QED) is 0.451. The summed E-state index contributed by atoms with van der Waals surface area (Å²) in [7, 11) is 0. The third-order valence-corrected chi connectivity index (χ3v) is 4.43. The Morgan fingerprint density at radius 3 is 2.75 bits per heavy atom. The van der Waals surface area contributed by atoms with Gasteiger partial charge in [-0.2, -0.15) is 0 Å². The van der Waals surface area contributed by atoms with Gasteiger partial charge in [0.05, 0.1) is 5.69 Å².